The van der Waals surface area contributed by atoms with Gasteiger partial charge in [-0.15, -0.1) is 12.4 Å². The normalized spacial score (nSPS) is 21.9. The lowest BCUT2D eigenvalue weighted by Crippen LogP contribution is -2.16. The lowest BCUT2D eigenvalue weighted by Gasteiger charge is -2.19. The van der Waals surface area contributed by atoms with Gasteiger partial charge in [0.05, 0.1) is 5.69 Å². The average Bonchev–Trinajstić information content (AvgIpc) is 3.17. The number of nitrogens with zero attached hydrogens (tertiary/aromatic N) is 2. The zero-order chi connectivity index (χ0) is 15.4. The molecule has 0 radical (unpaired) electrons. The van der Waals surface area contributed by atoms with E-state index in [2.05, 4.69) is 21.8 Å². The Morgan fingerprint density at radius 2 is 2.13 bits per heavy atom. The van der Waals surface area contributed by atoms with Crippen molar-refractivity contribution in [1.82, 2.24) is 15.1 Å². The molecule has 3 rings (SSSR count). The van der Waals surface area contributed by atoms with Crippen LogP contribution in [0.2, 0.25) is 0 Å². The van der Waals surface area contributed by atoms with E-state index < -0.39 is 0 Å². The molecule has 1 aliphatic carbocycles. The first-order valence-corrected chi connectivity index (χ1v) is 8.77. The van der Waals surface area contributed by atoms with E-state index in [1.807, 2.05) is 11.7 Å². The van der Waals surface area contributed by atoms with E-state index in [1.165, 1.54) is 38.5 Å². The molecule has 23 heavy (non-hydrogen) atoms. The maximum absolute atomic E-state index is 12.1. The fourth-order valence-electron chi connectivity index (χ4n) is 3.71. The quantitative estimate of drug-likeness (QED) is 0.865. The highest BCUT2D eigenvalue weighted by Crippen LogP contribution is 2.32. The minimum absolute atomic E-state index is 0. The Morgan fingerprint density at radius 3 is 2.83 bits per heavy atom. The van der Waals surface area contributed by atoms with Crippen molar-refractivity contribution in [2.45, 2.75) is 57.3 Å². The Bertz CT molecular complexity index is 505. The Labute approximate surface area is 145 Å². The molecule has 130 valence electrons. The number of anilines is 1. The zero-order valence-corrected chi connectivity index (χ0v) is 14.8. The van der Waals surface area contributed by atoms with Crippen LogP contribution in [-0.2, 0) is 11.8 Å². The molecule has 1 amide bonds. The van der Waals surface area contributed by atoms with Crippen LogP contribution in [0.15, 0.2) is 6.07 Å². The first-order valence-electron chi connectivity index (χ1n) is 8.77. The van der Waals surface area contributed by atoms with Gasteiger partial charge in [0.1, 0.15) is 5.82 Å². The topological polar surface area (TPSA) is 59.0 Å². The number of carbonyl (C=O) groups is 1. The van der Waals surface area contributed by atoms with Crippen LogP contribution in [0.3, 0.4) is 0 Å². The summed E-state index contributed by atoms with van der Waals surface area (Å²) in [4.78, 5) is 12.1. The second kappa shape index (κ2) is 8.69. The van der Waals surface area contributed by atoms with E-state index in [1.54, 1.807) is 0 Å². The largest absolute Gasteiger partial charge is 0.316 e. The summed E-state index contributed by atoms with van der Waals surface area (Å²) in [6, 6.07) is 2.07. The number of hydrogen-bond donors (Lipinski definition) is 2. The molecule has 1 unspecified atom stereocenters. The third-order valence-corrected chi connectivity index (χ3v) is 5.13. The third-order valence-electron chi connectivity index (χ3n) is 5.13. The van der Waals surface area contributed by atoms with Crippen LogP contribution in [0.1, 0.15) is 63.0 Å². The van der Waals surface area contributed by atoms with Crippen molar-refractivity contribution < 1.29 is 4.79 Å². The van der Waals surface area contributed by atoms with Gasteiger partial charge in [0.15, 0.2) is 0 Å². The molecule has 0 spiro atoms. The van der Waals surface area contributed by atoms with E-state index in [0.717, 1.165) is 31.0 Å². The minimum atomic E-state index is 0. The highest BCUT2D eigenvalue weighted by Gasteiger charge is 2.20. The number of hydrogen-bond acceptors (Lipinski definition) is 3. The summed E-state index contributed by atoms with van der Waals surface area (Å²) < 4.78 is 1.82. The second-order valence-electron chi connectivity index (χ2n) is 6.86. The molecule has 1 aromatic rings. The summed E-state index contributed by atoms with van der Waals surface area (Å²) in [6.45, 7) is 2.16. The van der Waals surface area contributed by atoms with E-state index >= 15 is 0 Å². The maximum atomic E-state index is 12.1. The van der Waals surface area contributed by atoms with Gasteiger partial charge in [-0.25, -0.2) is 0 Å². The molecule has 1 saturated carbocycles. The van der Waals surface area contributed by atoms with Crippen LogP contribution in [-0.4, -0.2) is 28.8 Å². The Hall–Kier alpha value is -1.07. The highest BCUT2D eigenvalue weighted by molar-refractivity contribution is 5.89. The number of rotatable bonds is 5. The molecule has 5 nitrogen and oxygen atoms in total. The van der Waals surface area contributed by atoms with Crippen molar-refractivity contribution in [3.05, 3.63) is 11.8 Å². The van der Waals surface area contributed by atoms with Crippen molar-refractivity contribution in [3.8, 4) is 0 Å². The van der Waals surface area contributed by atoms with Gasteiger partial charge in [0.25, 0.3) is 0 Å². The third kappa shape index (κ3) is 4.95. The molecule has 2 N–H and O–H groups in total. The standard InChI is InChI=1S/C17H28N4O.ClH/c1-21-16(11-15(20-21)14-5-3-2-4-6-14)19-17(22)8-7-13-9-10-18-12-13;/h11,13-14,18H,2-10,12H2,1H3,(H,19,22);1H. The molecule has 1 saturated heterocycles. The zero-order valence-electron chi connectivity index (χ0n) is 14.0. The number of amides is 1. The molecule has 0 bridgehead atoms. The maximum Gasteiger partial charge on any atom is 0.225 e. The summed E-state index contributed by atoms with van der Waals surface area (Å²) >= 11 is 0. The molecular weight excluding hydrogens is 312 g/mol. The number of carbonyl (C=O) groups excluding carboxylic acids is 1. The van der Waals surface area contributed by atoms with Crippen molar-refractivity contribution in [1.29, 1.82) is 0 Å². The van der Waals surface area contributed by atoms with Crippen LogP contribution >= 0.6 is 12.4 Å². The summed E-state index contributed by atoms with van der Waals surface area (Å²) in [7, 11) is 1.92. The van der Waals surface area contributed by atoms with Gasteiger partial charge < -0.3 is 10.6 Å². The lowest BCUT2D eigenvalue weighted by molar-refractivity contribution is -0.116. The predicted octanol–water partition coefficient (Wildman–Crippen LogP) is 3.22. The summed E-state index contributed by atoms with van der Waals surface area (Å²) in [6.07, 6.45) is 9.21. The molecule has 1 aromatic heterocycles. The van der Waals surface area contributed by atoms with Crippen molar-refractivity contribution in [2.24, 2.45) is 13.0 Å². The van der Waals surface area contributed by atoms with E-state index in [-0.39, 0.29) is 18.3 Å². The smallest absolute Gasteiger partial charge is 0.225 e. The predicted molar refractivity (Wildman–Crippen MR) is 95.1 cm³/mol. The van der Waals surface area contributed by atoms with E-state index in [0.29, 0.717) is 18.3 Å². The summed E-state index contributed by atoms with van der Waals surface area (Å²) in [5.74, 6) is 2.20. The van der Waals surface area contributed by atoms with Crippen molar-refractivity contribution >= 4 is 24.1 Å². The van der Waals surface area contributed by atoms with Gasteiger partial charge in [0.2, 0.25) is 5.91 Å². The minimum Gasteiger partial charge on any atom is -0.316 e. The van der Waals surface area contributed by atoms with Gasteiger partial charge >= 0.3 is 0 Å². The number of aryl methyl sites for hydroxylation is 1. The highest BCUT2D eigenvalue weighted by atomic mass is 35.5. The van der Waals surface area contributed by atoms with E-state index in [9.17, 15) is 4.79 Å². The molecule has 1 atom stereocenters. The molecule has 2 aliphatic rings. The molecular formula is C17H29ClN4O. The monoisotopic (exact) mass is 340 g/mol. The van der Waals surface area contributed by atoms with Gasteiger partial charge in [-0.3, -0.25) is 9.48 Å². The Morgan fingerprint density at radius 1 is 1.35 bits per heavy atom. The number of aromatic nitrogens is 2. The molecule has 2 heterocycles. The Kier molecular flexibility index (Phi) is 6.90. The molecule has 1 aliphatic heterocycles. The average molecular weight is 341 g/mol. The summed E-state index contributed by atoms with van der Waals surface area (Å²) in [5, 5.41) is 11.0. The van der Waals surface area contributed by atoms with Crippen LogP contribution in [0, 0.1) is 5.92 Å². The van der Waals surface area contributed by atoms with Crippen molar-refractivity contribution in [3.63, 3.8) is 0 Å². The Balaban J connectivity index is 0.00000192. The second-order valence-corrected chi connectivity index (χ2v) is 6.86. The number of halogens is 1. The van der Waals surface area contributed by atoms with Crippen LogP contribution < -0.4 is 10.6 Å². The van der Waals surface area contributed by atoms with Crippen LogP contribution in [0.4, 0.5) is 5.82 Å². The van der Waals surface area contributed by atoms with Gasteiger partial charge in [-0.1, -0.05) is 19.3 Å². The lowest BCUT2D eigenvalue weighted by atomic mass is 9.87. The fourth-order valence-corrected chi connectivity index (χ4v) is 3.71. The van der Waals surface area contributed by atoms with Crippen LogP contribution in [0.25, 0.3) is 0 Å². The van der Waals surface area contributed by atoms with Gasteiger partial charge in [-0.2, -0.15) is 5.10 Å². The number of nitrogens with one attached hydrogen (secondary N) is 2. The first-order chi connectivity index (χ1) is 10.7. The summed E-state index contributed by atoms with van der Waals surface area (Å²) in [5.41, 5.74) is 1.15. The molecule has 0 aromatic carbocycles. The molecule has 6 heteroatoms. The van der Waals surface area contributed by atoms with Crippen LogP contribution in [0.5, 0.6) is 0 Å². The van der Waals surface area contributed by atoms with Gasteiger partial charge in [0, 0.05) is 25.5 Å². The molecule has 2 fully saturated rings. The SMILES string of the molecule is Cl.Cn1nc(C2CCCCC2)cc1NC(=O)CCC1CCNC1. The van der Waals surface area contributed by atoms with E-state index in [4.69, 9.17) is 0 Å². The fraction of sp³-hybridized carbons (Fsp3) is 0.765. The van der Waals surface area contributed by atoms with Gasteiger partial charge in [-0.05, 0) is 44.7 Å². The first kappa shape index (κ1) is 18.3. The van der Waals surface area contributed by atoms with Crippen molar-refractivity contribution in [2.75, 3.05) is 18.4 Å².